The van der Waals surface area contributed by atoms with E-state index in [1.807, 2.05) is 48.0 Å². The van der Waals surface area contributed by atoms with Crippen LogP contribution in [0.15, 0.2) is 48.5 Å². The van der Waals surface area contributed by atoms with Gasteiger partial charge in [-0.2, -0.15) is 16.9 Å². The van der Waals surface area contributed by atoms with Crippen molar-refractivity contribution in [2.24, 2.45) is 0 Å². The zero-order valence-corrected chi connectivity index (χ0v) is 16.6. The Morgan fingerprint density at radius 2 is 1.89 bits per heavy atom. The summed E-state index contributed by atoms with van der Waals surface area (Å²) >= 11 is 1.80. The molecule has 7 heteroatoms. The number of methoxy groups -OCH3 is 1. The van der Waals surface area contributed by atoms with Gasteiger partial charge in [0, 0.05) is 17.1 Å². The summed E-state index contributed by atoms with van der Waals surface area (Å²) in [5.41, 5.74) is 4.16. The van der Waals surface area contributed by atoms with Crippen molar-refractivity contribution in [2.45, 2.75) is 18.4 Å². The predicted molar refractivity (Wildman–Crippen MR) is 110 cm³/mol. The van der Waals surface area contributed by atoms with Crippen LogP contribution in [0.1, 0.15) is 16.8 Å². The maximum Gasteiger partial charge on any atom is 0.263 e. The fourth-order valence-electron chi connectivity index (χ4n) is 3.17. The maximum atomic E-state index is 12.6. The van der Waals surface area contributed by atoms with E-state index in [4.69, 9.17) is 14.6 Å². The van der Waals surface area contributed by atoms with Crippen LogP contribution in [0, 0.1) is 6.92 Å². The number of para-hydroxylation sites is 3. The van der Waals surface area contributed by atoms with E-state index in [-0.39, 0.29) is 12.5 Å². The molecule has 1 aliphatic heterocycles. The molecule has 1 amide bonds. The second-order valence-electron chi connectivity index (χ2n) is 6.45. The van der Waals surface area contributed by atoms with Gasteiger partial charge in [-0.1, -0.05) is 30.3 Å². The molecule has 2 aromatic carbocycles. The molecular weight excluding hydrogens is 374 g/mol. The van der Waals surface area contributed by atoms with Crippen molar-refractivity contribution < 1.29 is 14.3 Å². The minimum absolute atomic E-state index is 0.110. The molecule has 4 rings (SSSR count). The van der Waals surface area contributed by atoms with Gasteiger partial charge in [0.1, 0.15) is 5.82 Å². The first-order valence-corrected chi connectivity index (χ1v) is 10.1. The molecule has 0 spiro atoms. The molecule has 0 saturated carbocycles. The highest BCUT2D eigenvalue weighted by Gasteiger charge is 2.25. The number of thioether (sulfide) groups is 1. The first-order chi connectivity index (χ1) is 13.7. The van der Waals surface area contributed by atoms with Crippen molar-refractivity contribution in [2.75, 3.05) is 19.0 Å². The number of carbonyl (C=O) groups is 1. The fraction of sp³-hybridized carbons (Fsp3) is 0.238. The van der Waals surface area contributed by atoms with Crippen LogP contribution in [-0.4, -0.2) is 29.4 Å². The smallest absolute Gasteiger partial charge is 0.263 e. The topological polar surface area (TPSA) is 65.4 Å². The fourth-order valence-corrected chi connectivity index (χ4v) is 4.20. The molecule has 6 nitrogen and oxygen atoms in total. The number of anilines is 1. The lowest BCUT2D eigenvalue weighted by Gasteiger charge is -2.14. The molecule has 0 aliphatic carbocycles. The summed E-state index contributed by atoms with van der Waals surface area (Å²) in [5, 5.41) is 7.75. The second kappa shape index (κ2) is 7.98. The normalized spacial score (nSPS) is 12.5. The summed E-state index contributed by atoms with van der Waals surface area (Å²) in [6, 6.07) is 15.3. The highest BCUT2D eigenvalue weighted by Crippen LogP contribution is 2.36. The number of benzene rings is 2. The summed E-state index contributed by atoms with van der Waals surface area (Å²) in [5.74, 6) is 3.31. The Labute approximate surface area is 167 Å². The van der Waals surface area contributed by atoms with Crippen LogP contribution in [0.3, 0.4) is 0 Å². The molecule has 1 aromatic heterocycles. The van der Waals surface area contributed by atoms with E-state index in [2.05, 4.69) is 5.32 Å². The monoisotopic (exact) mass is 395 g/mol. The van der Waals surface area contributed by atoms with E-state index in [0.717, 1.165) is 39.8 Å². The second-order valence-corrected chi connectivity index (χ2v) is 7.44. The lowest BCUT2D eigenvalue weighted by molar-refractivity contribution is -0.118. The van der Waals surface area contributed by atoms with E-state index in [1.54, 1.807) is 31.0 Å². The molecular formula is C21H21N3O3S. The van der Waals surface area contributed by atoms with Gasteiger partial charge in [0.2, 0.25) is 0 Å². The third kappa shape index (κ3) is 3.57. The first kappa shape index (κ1) is 18.4. The summed E-state index contributed by atoms with van der Waals surface area (Å²) in [6.07, 6.45) is 0. The van der Waals surface area contributed by atoms with Gasteiger partial charge in [-0.05, 0) is 30.7 Å². The van der Waals surface area contributed by atoms with Crippen LogP contribution in [-0.2, 0) is 16.3 Å². The van der Waals surface area contributed by atoms with Crippen LogP contribution < -0.4 is 14.8 Å². The Hall–Kier alpha value is -2.93. The number of aryl methyl sites for hydroxylation is 1. The van der Waals surface area contributed by atoms with Gasteiger partial charge >= 0.3 is 0 Å². The Balaban J connectivity index is 1.56. The molecule has 144 valence electrons. The van der Waals surface area contributed by atoms with E-state index in [1.165, 1.54) is 0 Å². The molecule has 1 N–H and O–H groups in total. The summed E-state index contributed by atoms with van der Waals surface area (Å²) in [7, 11) is 1.57. The standard InChI is InChI=1S/C21H21N3O3S/c1-14-7-3-4-8-17(14)24-21(15-12-28-13-16(15)23-24)22-20(25)11-27-19-10-6-5-9-18(19)26-2/h3-10H,11-13H2,1-2H3,(H,22,25). The number of ether oxygens (including phenoxy) is 2. The molecule has 3 aromatic rings. The highest BCUT2D eigenvalue weighted by molar-refractivity contribution is 7.98. The Morgan fingerprint density at radius 3 is 2.68 bits per heavy atom. The van der Waals surface area contributed by atoms with Gasteiger partial charge in [0.15, 0.2) is 18.1 Å². The molecule has 0 atom stereocenters. The van der Waals surface area contributed by atoms with Gasteiger partial charge in [-0.3, -0.25) is 4.79 Å². The number of carbonyl (C=O) groups excluding carboxylic acids is 1. The van der Waals surface area contributed by atoms with Crippen LogP contribution in [0.25, 0.3) is 5.69 Å². The number of hydrogen-bond donors (Lipinski definition) is 1. The van der Waals surface area contributed by atoms with Gasteiger partial charge in [-0.25, -0.2) is 4.68 Å². The molecule has 1 aliphatic rings. The Kier molecular flexibility index (Phi) is 5.25. The lowest BCUT2D eigenvalue weighted by Crippen LogP contribution is -2.22. The molecule has 28 heavy (non-hydrogen) atoms. The van der Waals surface area contributed by atoms with E-state index >= 15 is 0 Å². The van der Waals surface area contributed by atoms with Crippen molar-refractivity contribution >= 4 is 23.5 Å². The third-order valence-corrected chi connectivity index (χ3v) is 5.55. The minimum atomic E-state index is -0.236. The molecule has 0 saturated heterocycles. The maximum absolute atomic E-state index is 12.6. The predicted octanol–water partition coefficient (Wildman–Crippen LogP) is 3.95. The van der Waals surface area contributed by atoms with Crippen molar-refractivity contribution in [3.8, 4) is 17.2 Å². The van der Waals surface area contributed by atoms with E-state index in [0.29, 0.717) is 11.5 Å². The zero-order chi connectivity index (χ0) is 19.5. The van der Waals surface area contributed by atoms with Crippen LogP contribution in [0.5, 0.6) is 11.5 Å². The van der Waals surface area contributed by atoms with E-state index in [9.17, 15) is 4.79 Å². The molecule has 0 radical (unpaired) electrons. The third-order valence-electron chi connectivity index (χ3n) is 4.58. The minimum Gasteiger partial charge on any atom is -0.493 e. The van der Waals surface area contributed by atoms with Crippen molar-refractivity contribution in [1.29, 1.82) is 0 Å². The van der Waals surface area contributed by atoms with Gasteiger partial charge in [0.05, 0.1) is 18.5 Å². The first-order valence-electron chi connectivity index (χ1n) is 8.97. The van der Waals surface area contributed by atoms with Crippen molar-refractivity contribution in [1.82, 2.24) is 9.78 Å². The van der Waals surface area contributed by atoms with Gasteiger partial charge < -0.3 is 14.8 Å². The average molecular weight is 395 g/mol. The van der Waals surface area contributed by atoms with Crippen LogP contribution in [0.2, 0.25) is 0 Å². The number of nitrogens with zero attached hydrogens (tertiary/aromatic N) is 2. The number of amides is 1. The van der Waals surface area contributed by atoms with Crippen molar-refractivity contribution in [3.05, 3.63) is 65.4 Å². The molecule has 0 unspecified atom stereocenters. The largest absolute Gasteiger partial charge is 0.493 e. The Bertz CT molecular complexity index is 1020. The highest BCUT2D eigenvalue weighted by atomic mass is 32.2. The SMILES string of the molecule is COc1ccccc1OCC(=O)Nc1c2c(nn1-c1ccccc1C)CSC2. The van der Waals surface area contributed by atoms with E-state index < -0.39 is 0 Å². The van der Waals surface area contributed by atoms with Crippen LogP contribution in [0.4, 0.5) is 5.82 Å². The summed E-state index contributed by atoms with van der Waals surface area (Å²) < 4.78 is 12.7. The van der Waals surface area contributed by atoms with Gasteiger partial charge in [-0.15, -0.1) is 0 Å². The average Bonchev–Trinajstić information content (AvgIpc) is 3.30. The quantitative estimate of drug-likeness (QED) is 0.685. The number of rotatable bonds is 6. The lowest BCUT2D eigenvalue weighted by atomic mass is 10.2. The van der Waals surface area contributed by atoms with Gasteiger partial charge in [0.25, 0.3) is 5.91 Å². The molecule has 2 heterocycles. The molecule has 0 bridgehead atoms. The van der Waals surface area contributed by atoms with Crippen LogP contribution >= 0.6 is 11.8 Å². The number of fused-ring (bicyclic) bond motifs is 1. The van der Waals surface area contributed by atoms with Crippen molar-refractivity contribution in [3.63, 3.8) is 0 Å². The summed E-state index contributed by atoms with van der Waals surface area (Å²) in [6.45, 7) is 1.93. The number of aromatic nitrogens is 2. The number of nitrogens with one attached hydrogen (secondary N) is 1. The number of hydrogen-bond acceptors (Lipinski definition) is 5. The summed E-state index contributed by atoms with van der Waals surface area (Å²) in [4.78, 5) is 12.6. The molecule has 0 fully saturated rings. The zero-order valence-electron chi connectivity index (χ0n) is 15.8. The Morgan fingerprint density at radius 1 is 1.14 bits per heavy atom.